The summed E-state index contributed by atoms with van der Waals surface area (Å²) < 4.78 is 31.6. The number of Topliss-reactive ketones (excluding diaryl/α,β-unsaturated/α-hetero) is 1. The van der Waals surface area contributed by atoms with Crippen molar-refractivity contribution in [1.82, 2.24) is 0 Å². The molecule has 0 bridgehead atoms. The first-order valence-electron chi connectivity index (χ1n) is 9.86. The average Bonchev–Trinajstić information content (AvgIpc) is 2.82. The molecule has 152 valence electrons. The van der Waals surface area contributed by atoms with Crippen LogP contribution in [0.5, 0.6) is 0 Å². The van der Waals surface area contributed by atoms with Crippen LogP contribution < -0.4 is 0 Å². The number of hydrogen-bond acceptors (Lipinski definition) is 4. The van der Waals surface area contributed by atoms with Crippen LogP contribution >= 0.6 is 0 Å². The predicted octanol–water partition coefficient (Wildman–Crippen LogP) is 2.66. The first-order valence-corrected chi connectivity index (χ1v) is 11.3. The van der Waals surface area contributed by atoms with Gasteiger partial charge in [-0.05, 0) is 80.5 Å². The van der Waals surface area contributed by atoms with Crippen LogP contribution in [0, 0.1) is 34.5 Å². The maximum absolute atomic E-state index is 12.4. The first-order chi connectivity index (χ1) is 11.9. The van der Waals surface area contributed by atoms with Gasteiger partial charge in [-0.15, -0.1) is 0 Å². The SMILES string of the molecule is C[C@]12CC[C@H](O)CC1CC[C@@H]1[C@@H]2CC[C@]2(C)C(=O)CC[C@@H]12.O=S(=O)(O)O.[NaH]. The van der Waals surface area contributed by atoms with E-state index in [9.17, 15) is 9.90 Å². The molecule has 0 aromatic carbocycles. The van der Waals surface area contributed by atoms with Gasteiger partial charge in [0.25, 0.3) is 0 Å². The molecule has 4 aliphatic carbocycles. The predicted molar refractivity (Wildman–Crippen MR) is 104 cm³/mol. The summed E-state index contributed by atoms with van der Waals surface area (Å²) in [6.45, 7) is 4.78. The van der Waals surface area contributed by atoms with E-state index in [0.29, 0.717) is 17.1 Å². The Morgan fingerprint density at radius 3 is 2.22 bits per heavy atom. The molecule has 4 aliphatic rings. The maximum atomic E-state index is 12.4. The van der Waals surface area contributed by atoms with Crippen LogP contribution in [0.15, 0.2) is 0 Å². The normalized spacial score (nSPS) is 46.1. The molecule has 4 fully saturated rings. The van der Waals surface area contributed by atoms with Gasteiger partial charge in [-0.1, -0.05) is 13.8 Å². The van der Waals surface area contributed by atoms with Crippen molar-refractivity contribution < 1.29 is 27.4 Å². The molecule has 4 saturated carbocycles. The molecule has 0 aliphatic heterocycles. The van der Waals surface area contributed by atoms with Gasteiger partial charge in [0.05, 0.1) is 6.10 Å². The molecule has 3 N–H and O–H groups in total. The Hall–Kier alpha value is 0.500. The number of rotatable bonds is 0. The third-order valence-corrected chi connectivity index (χ3v) is 8.35. The second-order valence-corrected chi connectivity index (χ2v) is 10.3. The van der Waals surface area contributed by atoms with Crippen LogP contribution in [0.2, 0.25) is 0 Å². The average molecular weight is 413 g/mol. The second kappa shape index (κ2) is 8.32. The van der Waals surface area contributed by atoms with E-state index in [1.165, 1.54) is 25.7 Å². The number of fused-ring (bicyclic) bond motifs is 5. The molecule has 0 heterocycles. The van der Waals surface area contributed by atoms with Gasteiger partial charge < -0.3 is 5.11 Å². The molecule has 0 spiro atoms. The Morgan fingerprint density at radius 2 is 1.59 bits per heavy atom. The molecular formula is C19H33NaO6S. The minimum absolute atomic E-state index is 0. The summed E-state index contributed by atoms with van der Waals surface area (Å²) in [5.41, 5.74) is 0.452. The van der Waals surface area contributed by atoms with Crippen molar-refractivity contribution in [2.75, 3.05) is 0 Å². The van der Waals surface area contributed by atoms with E-state index < -0.39 is 10.4 Å². The molecule has 0 amide bonds. The van der Waals surface area contributed by atoms with Gasteiger partial charge in [0, 0.05) is 11.8 Å². The topological polar surface area (TPSA) is 112 Å². The van der Waals surface area contributed by atoms with Crippen molar-refractivity contribution in [2.45, 2.75) is 77.7 Å². The molecule has 6 nitrogen and oxygen atoms in total. The summed E-state index contributed by atoms with van der Waals surface area (Å²) in [5, 5.41) is 10.0. The van der Waals surface area contributed by atoms with Crippen molar-refractivity contribution in [3.05, 3.63) is 0 Å². The van der Waals surface area contributed by atoms with Crippen LogP contribution in [-0.2, 0) is 15.2 Å². The van der Waals surface area contributed by atoms with Gasteiger partial charge in [0.1, 0.15) is 5.78 Å². The van der Waals surface area contributed by atoms with Crippen molar-refractivity contribution in [2.24, 2.45) is 34.5 Å². The van der Waals surface area contributed by atoms with Crippen LogP contribution in [0.3, 0.4) is 0 Å². The Bertz CT molecular complexity index is 659. The molecular weight excluding hydrogens is 379 g/mol. The van der Waals surface area contributed by atoms with Crippen LogP contribution in [0.1, 0.15) is 71.6 Å². The van der Waals surface area contributed by atoms with E-state index in [1.807, 2.05) is 0 Å². The third kappa shape index (κ3) is 4.65. The van der Waals surface area contributed by atoms with E-state index in [4.69, 9.17) is 17.5 Å². The fourth-order valence-corrected chi connectivity index (χ4v) is 7.01. The van der Waals surface area contributed by atoms with E-state index in [2.05, 4.69) is 13.8 Å². The van der Waals surface area contributed by atoms with Crippen LogP contribution in [0.4, 0.5) is 0 Å². The number of aliphatic hydroxyl groups is 1. The Morgan fingerprint density at radius 1 is 0.963 bits per heavy atom. The summed E-state index contributed by atoms with van der Waals surface area (Å²) in [4.78, 5) is 12.4. The van der Waals surface area contributed by atoms with Crippen molar-refractivity contribution in [3.8, 4) is 0 Å². The fraction of sp³-hybridized carbons (Fsp3) is 0.947. The number of aliphatic hydroxyl groups excluding tert-OH is 1. The zero-order valence-corrected chi connectivity index (χ0v) is 16.5. The molecule has 1 unspecified atom stereocenters. The first kappa shape index (κ1) is 23.8. The molecule has 0 aromatic rings. The molecule has 0 radical (unpaired) electrons. The summed E-state index contributed by atoms with van der Waals surface area (Å²) >= 11 is 0. The molecule has 0 saturated heterocycles. The number of carbonyl (C=O) groups excluding carboxylic acids is 1. The monoisotopic (exact) mass is 412 g/mol. The van der Waals surface area contributed by atoms with Crippen molar-refractivity contribution >= 4 is 45.7 Å². The number of ketones is 1. The van der Waals surface area contributed by atoms with Crippen LogP contribution in [0.25, 0.3) is 0 Å². The van der Waals surface area contributed by atoms with Gasteiger partial charge in [-0.2, -0.15) is 8.42 Å². The number of hydrogen-bond donors (Lipinski definition) is 3. The van der Waals surface area contributed by atoms with Crippen molar-refractivity contribution in [1.29, 1.82) is 0 Å². The van der Waals surface area contributed by atoms with Crippen molar-refractivity contribution in [3.63, 3.8) is 0 Å². The molecule has 8 heteroatoms. The van der Waals surface area contributed by atoms with Gasteiger partial charge >= 0.3 is 40.0 Å². The Labute approximate surface area is 184 Å². The molecule has 4 rings (SSSR count). The Balaban J connectivity index is 0.000000390. The van der Waals surface area contributed by atoms with Gasteiger partial charge in [-0.3, -0.25) is 13.9 Å². The Kier molecular flexibility index (Phi) is 7.33. The van der Waals surface area contributed by atoms with E-state index in [-0.39, 0.29) is 41.1 Å². The third-order valence-electron chi connectivity index (χ3n) is 8.35. The molecule has 7 atom stereocenters. The summed E-state index contributed by atoms with van der Waals surface area (Å²) in [7, 11) is -4.67. The summed E-state index contributed by atoms with van der Waals surface area (Å²) in [5.74, 6) is 3.54. The zero-order chi connectivity index (χ0) is 19.3. The quantitative estimate of drug-likeness (QED) is 0.417. The number of carbonyl (C=O) groups is 1. The fourth-order valence-electron chi connectivity index (χ4n) is 7.01. The van der Waals surface area contributed by atoms with Gasteiger partial charge in [0.15, 0.2) is 0 Å². The van der Waals surface area contributed by atoms with E-state index in [0.717, 1.165) is 49.9 Å². The standard InChI is InChI=1S/C19H30O2.Na.H2O4S.H/c1-18-9-7-13(20)11-12(18)3-4-14-15-5-6-17(21)19(15,2)10-8-16(14)18;;1-5(2,3)4;/h12-16,20H,3-11H2,1-2H3;;(H2,1,2,3,4);/t12?,13-,14-,15-,16-,18-,19-;;;/m0.../s1. The summed E-state index contributed by atoms with van der Waals surface area (Å²) in [6.07, 6.45) is 10.1. The van der Waals surface area contributed by atoms with Gasteiger partial charge in [0.2, 0.25) is 0 Å². The van der Waals surface area contributed by atoms with E-state index in [1.54, 1.807) is 0 Å². The van der Waals surface area contributed by atoms with E-state index >= 15 is 0 Å². The minimum atomic E-state index is -4.67. The zero-order valence-electron chi connectivity index (χ0n) is 15.7. The summed E-state index contributed by atoms with van der Waals surface area (Å²) in [6, 6.07) is 0. The second-order valence-electron chi connectivity index (χ2n) is 9.45. The van der Waals surface area contributed by atoms with Gasteiger partial charge in [-0.25, -0.2) is 0 Å². The molecule has 27 heavy (non-hydrogen) atoms. The molecule has 0 aromatic heterocycles. The van der Waals surface area contributed by atoms with Crippen LogP contribution in [-0.4, -0.2) is 64.1 Å².